The molecule has 0 N–H and O–H groups in total. The fourth-order valence-electron chi connectivity index (χ4n) is 4.98. The SMILES string of the molecule is CCN1/C(=C/C=C(Cl)/C=C/c2sc3ccc4ccccc4c3[n+]2CC)Sc2ccc3ccccc3c21. The van der Waals surface area contributed by atoms with Crippen LogP contribution in [0.3, 0.4) is 0 Å². The molecule has 0 unspecified atom stereocenters. The Kier molecular flexibility index (Phi) is 6.34. The van der Waals surface area contributed by atoms with Gasteiger partial charge in [-0.15, -0.1) is 0 Å². The van der Waals surface area contributed by atoms with E-state index in [0.717, 1.165) is 13.1 Å². The van der Waals surface area contributed by atoms with Gasteiger partial charge >= 0.3 is 0 Å². The van der Waals surface area contributed by atoms with E-state index in [1.807, 2.05) is 35.3 Å². The highest BCUT2D eigenvalue weighted by atomic mass is 35.5. The lowest BCUT2D eigenvalue weighted by Crippen LogP contribution is -2.33. The van der Waals surface area contributed by atoms with Crippen LogP contribution < -0.4 is 9.47 Å². The fraction of sp³-hybridized carbons (Fsp3) is 0.129. The lowest BCUT2D eigenvalue weighted by atomic mass is 10.1. The second-order valence-corrected chi connectivity index (χ2v) is 11.2. The van der Waals surface area contributed by atoms with Crippen LogP contribution in [0.15, 0.2) is 106 Å². The highest BCUT2D eigenvalue weighted by Gasteiger charge is 2.25. The molecule has 2 heterocycles. The van der Waals surface area contributed by atoms with Crippen molar-refractivity contribution in [1.82, 2.24) is 0 Å². The molecule has 0 amide bonds. The number of halogens is 1. The Morgan fingerprint density at radius 1 is 0.917 bits per heavy atom. The number of nitrogens with zero attached hydrogens (tertiary/aromatic N) is 2. The van der Waals surface area contributed by atoms with Crippen LogP contribution in [0.25, 0.3) is 37.8 Å². The van der Waals surface area contributed by atoms with Gasteiger partial charge in [0.1, 0.15) is 11.2 Å². The van der Waals surface area contributed by atoms with E-state index in [0.29, 0.717) is 5.03 Å². The van der Waals surface area contributed by atoms with E-state index in [1.54, 1.807) is 0 Å². The van der Waals surface area contributed by atoms with E-state index in [1.165, 1.54) is 52.4 Å². The van der Waals surface area contributed by atoms with Crippen LogP contribution in [0, 0.1) is 0 Å². The van der Waals surface area contributed by atoms with E-state index < -0.39 is 0 Å². The number of rotatable bonds is 5. The van der Waals surface area contributed by atoms with Gasteiger partial charge in [-0.2, -0.15) is 4.57 Å². The Balaban J connectivity index is 1.31. The van der Waals surface area contributed by atoms with Crippen LogP contribution in [0.2, 0.25) is 0 Å². The summed E-state index contributed by atoms with van der Waals surface area (Å²) in [5, 5.41) is 8.25. The minimum absolute atomic E-state index is 0.713. The van der Waals surface area contributed by atoms with Crippen LogP contribution in [-0.4, -0.2) is 6.54 Å². The van der Waals surface area contributed by atoms with Crippen LogP contribution in [-0.2, 0) is 6.54 Å². The second-order valence-electron chi connectivity index (χ2n) is 8.69. The number of aryl methyl sites for hydroxylation is 1. The Hall–Kier alpha value is -3.05. The fourth-order valence-corrected chi connectivity index (χ4v) is 7.40. The average molecular weight is 526 g/mol. The summed E-state index contributed by atoms with van der Waals surface area (Å²) >= 11 is 10.3. The third-order valence-electron chi connectivity index (χ3n) is 6.63. The summed E-state index contributed by atoms with van der Waals surface area (Å²) in [6.45, 7) is 6.22. The minimum Gasteiger partial charge on any atom is -0.335 e. The van der Waals surface area contributed by atoms with E-state index in [2.05, 4.69) is 108 Å². The van der Waals surface area contributed by atoms with E-state index >= 15 is 0 Å². The standard InChI is InChI=1S/C31H26ClN2S2/c1-3-33-28(35-26-17-13-21-9-5-7-11-24(21)30(26)33)19-15-23(32)16-20-29-34(4-2)31-25-12-8-6-10-22(25)14-18-27(31)36-29/h5-20H,3-4H2,1-2H3/q+1. The molecule has 4 aromatic carbocycles. The minimum atomic E-state index is 0.713. The Morgan fingerprint density at radius 2 is 1.64 bits per heavy atom. The van der Waals surface area contributed by atoms with Gasteiger partial charge in [0, 0.05) is 27.9 Å². The number of hydrogen-bond acceptors (Lipinski definition) is 3. The lowest BCUT2D eigenvalue weighted by Gasteiger charge is -2.19. The maximum atomic E-state index is 6.69. The molecule has 2 nitrogen and oxygen atoms in total. The maximum absolute atomic E-state index is 6.69. The van der Waals surface area contributed by atoms with E-state index in [4.69, 9.17) is 11.6 Å². The molecule has 0 spiro atoms. The quantitative estimate of drug-likeness (QED) is 0.167. The maximum Gasteiger partial charge on any atom is 0.262 e. The molecule has 0 bridgehead atoms. The molecule has 0 atom stereocenters. The summed E-state index contributed by atoms with van der Waals surface area (Å²) in [5.41, 5.74) is 2.60. The van der Waals surface area contributed by atoms with Crippen molar-refractivity contribution >= 4 is 78.2 Å². The third-order valence-corrected chi connectivity index (χ3v) is 9.11. The molecule has 1 aromatic heterocycles. The third kappa shape index (κ3) is 4.03. The Morgan fingerprint density at radius 3 is 2.42 bits per heavy atom. The summed E-state index contributed by atoms with van der Waals surface area (Å²) in [5.74, 6) is 0. The van der Waals surface area contributed by atoms with Gasteiger partial charge in [0.2, 0.25) is 5.52 Å². The first-order valence-electron chi connectivity index (χ1n) is 12.2. The summed E-state index contributed by atoms with van der Waals surface area (Å²) in [4.78, 5) is 3.68. The van der Waals surface area contributed by atoms with Crippen LogP contribution in [0.5, 0.6) is 0 Å². The van der Waals surface area contributed by atoms with Gasteiger partial charge in [0.15, 0.2) is 0 Å². The molecule has 5 heteroatoms. The van der Waals surface area contributed by atoms with E-state index in [9.17, 15) is 0 Å². The van der Waals surface area contributed by atoms with Crippen molar-refractivity contribution in [2.75, 3.05) is 11.4 Å². The van der Waals surface area contributed by atoms with Gasteiger partial charge in [-0.1, -0.05) is 89.3 Å². The summed E-state index contributed by atoms with van der Waals surface area (Å²) in [6.07, 6.45) is 8.30. The number of allylic oxidation sites excluding steroid dienone is 4. The molecule has 0 fully saturated rings. The first kappa shape index (κ1) is 23.4. The zero-order valence-electron chi connectivity index (χ0n) is 20.2. The van der Waals surface area contributed by atoms with Crippen LogP contribution in [0.4, 0.5) is 5.69 Å². The Labute approximate surface area is 224 Å². The number of thiazole rings is 1. The number of fused-ring (bicyclic) bond motifs is 6. The zero-order chi connectivity index (χ0) is 24.6. The molecule has 178 valence electrons. The topological polar surface area (TPSA) is 7.12 Å². The molecule has 0 saturated heterocycles. The molecule has 6 rings (SSSR count). The van der Waals surface area contributed by atoms with Crippen molar-refractivity contribution in [3.05, 3.63) is 106 Å². The van der Waals surface area contributed by atoms with Crippen molar-refractivity contribution in [1.29, 1.82) is 0 Å². The molecule has 0 saturated carbocycles. The molecular weight excluding hydrogens is 500 g/mol. The van der Waals surface area contributed by atoms with Crippen molar-refractivity contribution in [2.45, 2.75) is 25.3 Å². The first-order chi connectivity index (χ1) is 17.7. The van der Waals surface area contributed by atoms with Crippen molar-refractivity contribution < 1.29 is 4.57 Å². The Bertz CT molecular complexity index is 1710. The van der Waals surface area contributed by atoms with Gasteiger partial charge in [-0.05, 0) is 61.0 Å². The van der Waals surface area contributed by atoms with Crippen molar-refractivity contribution in [2.24, 2.45) is 0 Å². The van der Waals surface area contributed by atoms with Gasteiger partial charge < -0.3 is 4.90 Å². The van der Waals surface area contributed by atoms with Gasteiger partial charge in [-0.25, -0.2) is 0 Å². The number of benzene rings is 4. The number of thioether (sulfide) groups is 1. The molecule has 0 aliphatic carbocycles. The van der Waals surface area contributed by atoms with Crippen LogP contribution in [0.1, 0.15) is 18.9 Å². The number of hydrogen-bond donors (Lipinski definition) is 0. The number of aromatic nitrogens is 1. The number of anilines is 1. The van der Waals surface area contributed by atoms with E-state index in [-0.39, 0.29) is 0 Å². The average Bonchev–Trinajstić information content (AvgIpc) is 3.48. The van der Waals surface area contributed by atoms with Crippen molar-refractivity contribution in [3.63, 3.8) is 0 Å². The highest BCUT2D eigenvalue weighted by Crippen LogP contribution is 2.49. The summed E-state index contributed by atoms with van der Waals surface area (Å²) in [6, 6.07) is 26.1. The molecule has 36 heavy (non-hydrogen) atoms. The summed E-state index contributed by atoms with van der Waals surface area (Å²) < 4.78 is 3.68. The largest absolute Gasteiger partial charge is 0.335 e. The molecule has 0 radical (unpaired) electrons. The molecule has 5 aromatic rings. The first-order valence-corrected chi connectivity index (χ1v) is 14.3. The highest BCUT2D eigenvalue weighted by molar-refractivity contribution is 8.03. The predicted octanol–water partition coefficient (Wildman–Crippen LogP) is 9.12. The zero-order valence-corrected chi connectivity index (χ0v) is 22.6. The summed E-state index contributed by atoms with van der Waals surface area (Å²) in [7, 11) is 0. The van der Waals surface area contributed by atoms with Crippen molar-refractivity contribution in [3.8, 4) is 0 Å². The molecular formula is C31H26ClN2S2+. The monoisotopic (exact) mass is 525 g/mol. The normalized spacial score (nSPS) is 15.2. The van der Waals surface area contributed by atoms with Crippen LogP contribution >= 0.6 is 34.7 Å². The molecule has 1 aliphatic heterocycles. The van der Waals surface area contributed by atoms with Gasteiger partial charge in [0.25, 0.3) is 5.01 Å². The van der Waals surface area contributed by atoms with Gasteiger partial charge in [-0.3, -0.25) is 0 Å². The van der Waals surface area contributed by atoms with Gasteiger partial charge in [0.05, 0.1) is 16.1 Å². The smallest absolute Gasteiger partial charge is 0.262 e. The lowest BCUT2D eigenvalue weighted by molar-refractivity contribution is -0.664. The predicted molar refractivity (Wildman–Crippen MR) is 159 cm³/mol. The molecule has 1 aliphatic rings. The second kappa shape index (κ2) is 9.78.